The first-order valence-corrected chi connectivity index (χ1v) is 11.1. The fourth-order valence-corrected chi connectivity index (χ4v) is 4.73. The van der Waals surface area contributed by atoms with Crippen LogP contribution in [0.1, 0.15) is 40.5 Å². The Kier molecular flexibility index (Phi) is 7.36. The molecule has 7 heteroatoms. The van der Waals surface area contributed by atoms with Crippen molar-refractivity contribution in [2.45, 2.75) is 58.8 Å². The molecule has 0 saturated carbocycles. The maximum atomic E-state index is 13.1. The molecule has 2 fully saturated rings. The number of carbonyl (C=O) groups is 2. The molecule has 0 radical (unpaired) electrons. The average Bonchev–Trinajstić information content (AvgIpc) is 2.67. The van der Waals surface area contributed by atoms with E-state index in [9.17, 15) is 9.59 Å². The van der Waals surface area contributed by atoms with Gasteiger partial charge < -0.3 is 20.7 Å². The van der Waals surface area contributed by atoms with Crippen LogP contribution in [0.2, 0.25) is 0 Å². The van der Waals surface area contributed by atoms with E-state index in [2.05, 4.69) is 42.8 Å². The van der Waals surface area contributed by atoms with Gasteiger partial charge in [0.25, 0.3) is 0 Å². The summed E-state index contributed by atoms with van der Waals surface area (Å²) in [6.45, 7) is 11.5. The topological polar surface area (TPSA) is 87.9 Å². The van der Waals surface area contributed by atoms with E-state index in [1.807, 2.05) is 24.3 Å². The molecule has 3 rings (SSSR count). The summed E-state index contributed by atoms with van der Waals surface area (Å²) in [6.07, 6.45) is 1.84. The zero-order valence-electron chi connectivity index (χ0n) is 18.6. The van der Waals surface area contributed by atoms with E-state index >= 15 is 0 Å². The minimum absolute atomic E-state index is 0.0154. The first-order valence-electron chi connectivity index (χ1n) is 11.1. The fourth-order valence-electron chi connectivity index (χ4n) is 4.73. The third kappa shape index (κ3) is 5.52. The number of nitrogens with two attached hydrogens (primary N) is 1. The van der Waals surface area contributed by atoms with Crippen LogP contribution >= 0.6 is 0 Å². The van der Waals surface area contributed by atoms with Crippen molar-refractivity contribution in [3.8, 4) is 0 Å². The number of amides is 2. The van der Waals surface area contributed by atoms with Gasteiger partial charge in [-0.2, -0.15) is 0 Å². The van der Waals surface area contributed by atoms with Crippen molar-refractivity contribution in [1.29, 1.82) is 0 Å². The number of primary amides is 1. The summed E-state index contributed by atoms with van der Waals surface area (Å²) in [7, 11) is 0. The van der Waals surface area contributed by atoms with Crippen molar-refractivity contribution < 1.29 is 14.3 Å². The van der Waals surface area contributed by atoms with Gasteiger partial charge in [-0.05, 0) is 56.9 Å². The smallest absolute Gasteiger partial charge is 0.241 e. The van der Waals surface area contributed by atoms with Crippen LogP contribution in [0.3, 0.4) is 0 Å². The lowest BCUT2D eigenvalue weighted by Gasteiger charge is -2.41. The lowest BCUT2D eigenvalue weighted by Crippen LogP contribution is -2.55. The minimum Gasteiger partial charge on any atom is -0.373 e. The standard InChI is InChI=1S/C23H36N4O3/c1-15(2)21(27-13-16(3)30-17(4)14-27)23(29)25-19-5-7-20(8-6-19)26-11-9-18(10-12-26)22(24)28/h5-8,15-18,21H,9-14H2,1-4H3,(H2,24,28)(H,25,29). The van der Waals surface area contributed by atoms with Gasteiger partial charge in [0, 0.05) is 43.5 Å². The number of morpholine rings is 1. The number of carbonyl (C=O) groups excluding carboxylic acids is 2. The second-order valence-electron chi connectivity index (χ2n) is 9.10. The van der Waals surface area contributed by atoms with Crippen LogP contribution < -0.4 is 16.0 Å². The van der Waals surface area contributed by atoms with Crippen molar-refractivity contribution in [2.24, 2.45) is 17.6 Å². The molecular weight excluding hydrogens is 380 g/mol. The van der Waals surface area contributed by atoms with E-state index in [1.165, 1.54) is 0 Å². The molecule has 7 nitrogen and oxygen atoms in total. The van der Waals surface area contributed by atoms with Gasteiger partial charge in [-0.1, -0.05) is 13.8 Å². The van der Waals surface area contributed by atoms with E-state index in [0.29, 0.717) is 0 Å². The molecule has 0 aliphatic carbocycles. The minimum atomic E-state index is -0.198. The largest absolute Gasteiger partial charge is 0.373 e. The van der Waals surface area contributed by atoms with Crippen molar-refractivity contribution in [2.75, 3.05) is 36.4 Å². The number of nitrogens with zero attached hydrogens (tertiary/aromatic N) is 2. The molecule has 2 heterocycles. The zero-order valence-corrected chi connectivity index (χ0v) is 18.6. The van der Waals surface area contributed by atoms with Gasteiger partial charge in [-0.25, -0.2) is 0 Å². The van der Waals surface area contributed by atoms with E-state index in [4.69, 9.17) is 10.5 Å². The van der Waals surface area contributed by atoms with Crippen LogP contribution in [0, 0.1) is 11.8 Å². The SMILES string of the molecule is CC1CN(C(C(=O)Nc2ccc(N3CCC(C(N)=O)CC3)cc2)C(C)C)CC(C)O1. The normalized spacial score (nSPS) is 24.6. The number of piperidine rings is 1. The van der Waals surface area contributed by atoms with Gasteiger partial charge >= 0.3 is 0 Å². The Morgan fingerprint density at radius 3 is 2.13 bits per heavy atom. The molecule has 3 atom stereocenters. The number of benzene rings is 1. The second-order valence-corrected chi connectivity index (χ2v) is 9.10. The number of rotatable bonds is 6. The third-order valence-corrected chi connectivity index (χ3v) is 6.14. The molecule has 1 aromatic carbocycles. The lowest BCUT2D eigenvalue weighted by atomic mass is 9.96. The summed E-state index contributed by atoms with van der Waals surface area (Å²) in [5, 5.41) is 3.10. The average molecular weight is 417 g/mol. The number of hydrogen-bond donors (Lipinski definition) is 2. The summed E-state index contributed by atoms with van der Waals surface area (Å²) in [6, 6.07) is 7.78. The Morgan fingerprint density at radius 2 is 1.63 bits per heavy atom. The van der Waals surface area contributed by atoms with Crippen LogP contribution in [0.4, 0.5) is 11.4 Å². The van der Waals surface area contributed by atoms with Crippen LogP contribution in [0.15, 0.2) is 24.3 Å². The highest BCUT2D eigenvalue weighted by Crippen LogP contribution is 2.25. The molecule has 2 aliphatic rings. The summed E-state index contributed by atoms with van der Waals surface area (Å²) < 4.78 is 5.83. The number of anilines is 2. The van der Waals surface area contributed by atoms with Gasteiger partial charge in [0.1, 0.15) is 0 Å². The number of nitrogens with one attached hydrogen (secondary N) is 1. The third-order valence-electron chi connectivity index (χ3n) is 6.14. The molecule has 2 saturated heterocycles. The predicted molar refractivity (Wildman–Crippen MR) is 119 cm³/mol. The Labute approximate surface area is 179 Å². The fraction of sp³-hybridized carbons (Fsp3) is 0.652. The van der Waals surface area contributed by atoms with Crippen LogP contribution in [-0.2, 0) is 14.3 Å². The summed E-state index contributed by atoms with van der Waals surface area (Å²) in [5.74, 6) is 0.0181. The number of hydrogen-bond acceptors (Lipinski definition) is 5. The van der Waals surface area contributed by atoms with Gasteiger partial charge in [0.15, 0.2) is 0 Å². The van der Waals surface area contributed by atoms with E-state index < -0.39 is 0 Å². The van der Waals surface area contributed by atoms with E-state index in [0.717, 1.165) is 50.4 Å². The molecule has 0 spiro atoms. The molecule has 30 heavy (non-hydrogen) atoms. The Bertz CT molecular complexity index is 718. The van der Waals surface area contributed by atoms with Crippen LogP contribution in [-0.4, -0.2) is 61.1 Å². The molecule has 3 N–H and O–H groups in total. The molecular formula is C23H36N4O3. The molecule has 2 aliphatic heterocycles. The maximum Gasteiger partial charge on any atom is 0.241 e. The van der Waals surface area contributed by atoms with Gasteiger partial charge in [0.05, 0.1) is 18.2 Å². The highest BCUT2D eigenvalue weighted by Gasteiger charge is 2.34. The van der Waals surface area contributed by atoms with Crippen molar-refractivity contribution >= 4 is 23.2 Å². The second kappa shape index (κ2) is 9.79. The van der Waals surface area contributed by atoms with Crippen molar-refractivity contribution in [3.63, 3.8) is 0 Å². The van der Waals surface area contributed by atoms with Gasteiger partial charge in [-0.3, -0.25) is 14.5 Å². The zero-order chi connectivity index (χ0) is 21.8. The Hall–Kier alpha value is -2.12. The predicted octanol–water partition coefficient (Wildman–Crippen LogP) is 2.46. The van der Waals surface area contributed by atoms with Crippen molar-refractivity contribution in [1.82, 2.24) is 4.90 Å². The van der Waals surface area contributed by atoms with Crippen LogP contribution in [0.5, 0.6) is 0 Å². The maximum absolute atomic E-state index is 13.1. The molecule has 0 bridgehead atoms. The molecule has 1 aromatic rings. The van der Waals surface area contributed by atoms with Gasteiger partial charge in [-0.15, -0.1) is 0 Å². The first-order chi connectivity index (χ1) is 14.2. The number of ether oxygens (including phenoxy) is 1. The molecule has 3 unspecified atom stereocenters. The van der Waals surface area contributed by atoms with E-state index in [-0.39, 0.29) is 41.9 Å². The summed E-state index contributed by atoms with van der Waals surface area (Å²) in [4.78, 5) is 29.0. The lowest BCUT2D eigenvalue weighted by molar-refractivity contribution is -0.130. The quantitative estimate of drug-likeness (QED) is 0.744. The monoisotopic (exact) mass is 416 g/mol. The molecule has 2 amide bonds. The Balaban J connectivity index is 1.61. The highest BCUT2D eigenvalue weighted by atomic mass is 16.5. The van der Waals surface area contributed by atoms with Crippen LogP contribution in [0.25, 0.3) is 0 Å². The Morgan fingerprint density at radius 1 is 1.07 bits per heavy atom. The van der Waals surface area contributed by atoms with E-state index in [1.54, 1.807) is 0 Å². The summed E-state index contributed by atoms with van der Waals surface area (Å²) in [5.41, 5.74) is 7.33. The van der Waals surface area contributed by atoms with Gasteiger partial charge in [0.2, 0.25) is 11.8 Å². The summed E-state index contributed by atoms with van der Waals surface area (Å²) >= 11 is 0. The highest BCUT2D eigenvalue weighted by molar-refractivity contribution is 5.95. The van der Waals surface area contributed by atoms with Crippen molar-refractivity contribution in [3.05, 3.63) is 24.3 Å². The molecule has 166 valence electrons. The first kappa shape index (κ1) is 22.6. The molecule has 0 aromatic heterocycles.